The molecule has 1 aromatic carbocycles. The van der Waals surface area contributed by atoms with Gasteiger partial charge in [-0.15, -0.1) is 0 Å². The lowest BCUT2D eigenvalue weighted by molar-refractivity contribution is -0.133. The van der Waals surface area contributed by atoms with Crippen LogP contribution in [0.25, 0.3) is 11.3 Å². The molecule has 1 aromatic heterocycles. The van der Waals surface area contributed by atoms with Gasteiger partial charge >= 0.3 is 0 Å². The van der Waals surface area contributed by atoms with Gasteiger partial charge in [-0.05, 0) is 57.8 Å². The molecule has 0 aliphatic carbocycles. The van der Waals surface area contributed by atoms with Crippen LogP contribution in [0.4, 0.5) is 0 Å². The molecule has 3 aliphatic rings. The Morgan fingerprint density at radius 1 is 1.14 bits per heavy atom. The third-order valence-corrected chi connectivity index (χ3v) is 6.70. The van der Waals surface area contributed by atoms with Gasteiger partial charge in [0.15, 0.2) is 0 Å². The number of ether oxygens (including phenoxy) is 1. The minimum absolute atomic E-state index is 0.175. The molecule has 0 atom stereocenters. The number of likely N-dealkylation sites (tertiary alicyclic amines) is 2. The van der Waals surface area contributed by atoms with Crippen molar-refractivity contribution < 1.29 is 9.53 Å². The molecule has 1 amide bonds. The molecule has 29 heavy (non-hydrogen) atoms. The highest BCUT2D eigenvalue weighted by atomic mass is 16.5. The second-order valence-electron chi connectivity index (χ2n) is 8.67. The zero-order valence-electron chi connectivity index (χ0n) is 17.3. The van der Waals surface area contributed by atoms with E-state index in [4.69, 9.17) is 4.74 Å². The molecule has 0 bridgehead atoms. The Labute approximate surface area is 172 Å². The molecule has 154 valence electrons. The number of benzene rings is 1. The average Bonchev–Trinajstić information content (AvgIpc) is 3.17. The molecule has 3 aliphatic heterocycles. The van der Waals surface area contributed by atoms with Crippen molar-refractivity contribution in [2.45, 2.75) is 58.2 Å². The lowest BCUT2D eigenvalue weighted by Gasteiger charge is -2.40. The van der Waals surface area contributed by atoms with Gasteiger partial charge in [-0.25, -0.2) is 0 Å². The van der Waals surface area contributed by atoms with Crippen molar-refractivity contribution >= 4 is 5.91 Å². The van der Waals surface area contributed by atoms with Crippen LogP contribution in [-0.4, -0.2) is 57.7 Å². The molecule has 5 rings (SSSR count). The second kappa shape index (κ2) is 7.82. The number of amides is 1. The van der Waals surface area contributed by atoms with Gasteiger partial charge in [0.25, 0.3) is 0 Å². The zero-order chi connectivity index (χ0) is 19.8. The van der Waals surface area contributed by atoms with Crippen LogP contribution in [0.2, 0.25) is 0 Å². The number of piperidine rings is 2. The highest BCUT2D eigenvalue weighted by Gasteiger charge is 2.29. The van der Waals surface area contributed by atoms with E-state index in [9.17, 15) is 4.79 Å². The fraction of sp³-hybridized carbons (Fsp3) is 0.565. The first-order chi connectivity index (χ1) is 14.2. The van der Waals surface area contributed by atoms with E-state index in [2.05, 4.69) is 29.1 Å². The van der Waals surface area contributed by atoms with Gasteiger partial charge in [-0.1, -0.05) is 18.1 Å². The van der Waals surface area contributed by atoms with E-state index in [1.54, 1.807) is 0 Å². The maximum atomic E-state index is 13.0. The van der Waals surface area contributed by atoms with Crippen molar-refractivity contribution in [2.24, 2.45) is 0 Å². The van der Waals surface area contributed by atoms with Crippen molar-refractivity contribution in [3.05, 3.63) is 35.5 Å². The van der Waals surface area contributed by atoms with E-state index in [1.165, 1.54) is 37.9 Å². The summed E-state index contributed by atoms with van der Waals surface area (Å²) in [6, 6.07) is 6.85. The molecular weight excluding hydrogens is 364 g/mol. The number of carbonyl (C=O) groups excluding carboxylic acids is 1. The molecular formula is C23H30N4O2. The Morgan fingerprint density at radius 2 is 1.93 bits per heavy atom. The number of hydrogen-bond acceptors (Lipinski definition) is 4. The van der Waals surface area contributed by atoms with Crippen LogP contribution in [0.15, 0.2) is 24.4 Å². The predicted octanol–water partition coefficient (Wildman–Crippen LogP) is 3.23. The van der Waals surface area contributed by atoms with Crippen molar-refractivity contribution in [2.75, 3.05) is 26.2 Å². The molecule has 0 radical (unpaired) electrons. The van der Waals surface area contributed by atoms with Gasteiger partial charge < -0.3 is 14.5 Å². The summed E-state index contributed by atoms with van der Waals surface area (Å²) in [4.78, 5) is 17.7. The summed E-state index contributed by atoms with van der Waals surface area (Å²) in [6.07, 6.45) is 8.06. The smallest absolute Gasteiger partial charge is 0.244 e. The standard InChI is InChI=1S/C23H30N4O2/c1-17-5-6-21-20(13-17)23-18(16-29-21)14-24-27(23)15-22(28)26-11-7-19(8-12-26)25-9-3-2-4-10-25/h5-6,13-14,19H,2-4,7-12,15-16H2,1H3. The van der Waals surface area contributed by atoms with Crippen molar-refractivity contribution in [3.8, 4) is 17.0 Å². The Balaban J connectivity index is 1.26. The summed E-state index contributed by atoms with van der Waals surface area (Å²) in [5.74, 6) is 1.05. The van der Waals surface area contributed by atoms with Crippen LogP contribution in [0.5, 0.6) is 5.75 Å². The molecule has 2 aromatic rings. The van der Waals surface area contributed by atoms with Crippen molar-refractivity contribution in [1.29, 1.82) is 0 Å². The Morgan fingerprint density at radius 3 is 2.72 bits per heavy atom. The summed E-state index contributed by atoms with van der Waals surface area (Å²) in [5.41, 5.74) is 4.31. The third-order valence-electron chi connectivity index (χ3n) is 6.70. The Kier molecular flexibility index (Phi) is 5.04. The van der Waals surface area contributed by atoms with E-state index >= 15 is 0 Å². The van der Waals surface area contributed by atoms with E-state index in [0.29, 0.717) is 19.2 Å². The van der Waals surface area contributed by atoms with Gasteiger partial charge in [0.1, 0.15) is 18.9 Å². The van der Waals surface area contributed by atoms with E-state index in [0.717, 1.165) is 48.5 Å². The van der Waals surface area contributed by atoms with Gasteiger partial charge in [-0.2, -0.15) is 5.10 Å². The number of carbonyl (C=O) groups is 1. The number of rotatable bonds is 3. The quantitative estimate of drug-likeness (QED) is 0.802. The van der Waals surface area contributed by atoms with Gasteiger partial charge in [-0.3, -0.25) is 9.48 Å². The van der Waals surface area contributed by atoms with Crippen LogP contribution in [0.1, 0.15) is 43.2 Å². The van der Waals surface area contributed by atoms with E-state index < -0.39 is 0 Å². The van der Waals surface area contributed by atoms with Crippen LogP contribution in [0, 0.1) is 6.92 Å². The molecule has 2 saturated heterocycles. The first-order valence-corrected chi connectivity index (χ1v) is 11.0. The molecule has 0 unspecified atom stereocenters. The maximum Gasteiger partial charge on any atom is 0.244 e. The molecule has 0 N–H and O–H groups in total. The SMILES string of the molecule is Cc1ccc2c(c1)-c1c(cnn1CC(=O)N1CCC(N3CCCCC3)CC1)CO2. The molecule has 6 heteroatoms. The van der Waals surface area contributed by atoms with Crippen molar-refractivity contribution in [1.82, 2.24) is 19.6 Å². The largest absolute Gasteiger partial charge is 0.488 e. The van der Waals surface area contributed by atoms with Crippen LogP contribution >= 0.6 is 0 Å². The third kappa shape index (κ3) is 3.66. The van der Waals surface area contributed by atoms with Crippen LogP contribution in [0.3, 0.4) is 0 Å². The molecule has 4 heterocycles. The van der Waals surface area contributed by atoms with E-state index in [1.807, 2.05) is 21.8 Å². The summed E-state index contributed by atoms with van der Waals surface area (Å²) in [5, 5.41) is 4.53. The lowest BCUT2D eigenvalue weighted by atomic mass is 10.00. The summed E-state index contributed by atoms with van der Waals surface area (Å²) in [6.45, 7) is 7.09. The highest BCUT2D eigenvalue weighted by Crippen LogP contribution is 2.38. The topological polar surface area (TPSA) is 50.6 Å². The number of hydrogen-bond donors (Lipinski definition) is 0. The lowest BCUT2D eigenvalue weighted by Crippen LogP contribution is -2.48. The average molecular weight is 395 g/mol. The van der Waals surface area contributed by atoms with Gasteiger partial charge in [0.2, 0.25) is 5.91 Å². The molecule has 0 spiro atoms. The zero-order valence-corrected chi connectivity index (χ0v) is 17.3. The summed E-state index contributed by atoms with van der Waals surface area (Å²) < 4.78 is 7.73. The Hall–Kier alpha value is -2.34. The maximum absolute atomic E-state index is 13.0. The minimum atomic E-state index is 0.175. The fourth-order valence-corrected chi connectivity index (χ4v) is 5.06. The number of aromatic nitrogens is 2. The number of aryl methyl sites for hydroxylation is 1. The predicted molar refractivity (Wildman–Crippen MR) is 112 cm³/mol. The fourth-order valence-electron chi connectivity index (χ4n) is 5.06. The van der Waals surface area contributed by atoms with Gasteiger partial charge in [0, 0.05) is 30.3 Å². The summed E-state index contributed by atoms with van der Waals surface area (Å²) >= 11 is 0. The normalized spacial score (nSPS) is 20.1. The first-order valence-electron chi connectivity index (χ1n) is 11.0. The highest BCUT2D eigenvalue weighted by molar-refractivity contribution is 5.78. The number of fused-ring (bicyclic) bond motifs is 3. The van der Waals surface area contributed by atoms with Crippen LogP contribution in [-0.2, 0) is 17.9 Å². The first kappa shape index (κ1) is 18.7. The molecule has 2 fully saturated rings. The minimum Gasteiger partial charge on any atom is -0.488 e. The van der Waals surface area contributed by atoms with Crippen LogP contribution < -0.4 is 4.74 Å². The molecule has 0 saturated carbocycles. The van der Waals surface area contributed by atoms with Gasteiger partial charge in [0.05, 0.1) is 11.9 Å². The Bertz CT molecular complexity index is 892. The summed E-state index contributed by atoms with van der Waals surface area (Å²) in [7, 11) is 0. The number of nitrogens with zero attached hydrogens (tertiary/aromatic N) is 4. The second-order valence-corrected chi connectivity index (χ2v) is 8.67. The monoisotopic (exact) mass is 394 g/mol. The van der Waals surface area contributed by atoms with E-state index in [-0.39, 0.29) is 5.91 Å². The molecule has 6 nitrogen and oxygen atoms in total. The van der Waals surface area contributed by atoms with Crippen molar-refractivity contribution in [3.63, 3.8) is 0 Å².